The monoisotopic (exact) mass is 452 g/mol. The van der Waals surface area contributed by atoms with Gasteiger partial charge < -0.3 is 19.6 Å². The molecule has 0 unspecified atom stereocenters. The first-order valence-electron chi connectivity index (χ1n) is 10.4. The minimum absolute atomic E-state index is 0.0126. The van der Waals surface area contributed by atoms with E-state index in [-0.39, 0.29) is 37.6 Å². The van der Waals surface area contributed by atoms with E-state index in [1.54, 1.807) is 31.2 Å². The van der Waals surface area contributed by atoms with Gasteiger partial charge in [-0.15, -0.1) is 0 Å². The van der Waals surface area contributed by atoms with Crippen LogP contribution in [0.1, 0.15) is 23.7 Å². The van der Waals surface area contributed by atoms with Crippen molar-refractivity contribution >= 4 is 16.9 Å². The number of esters is 1. The van der Waals surface area contributed by atoms with E-state index in [4.69, 9.17) is 19.6 Å². The highest BCUT2D eigenvalue weighted by atomic mass is 19.1. The zero-order chi connectivity index (χ0) is 23.4. The molecule has 4 aromatic rings. The van der Waals surface area contributed by atoms with Crippen molar-refractivity contribution in [1.82, 2.24) is 4.98 Å². The third kappa shape index (κ3) is 4.70. The minimum Gasteiger partial charge on any atom is -0.486 e. The lowest BCUT2D eigenvalue weighted by Gasteiger charge is -2.14. The molecule has 0 fully saturated rings. The molecule has 33 heavy (non-hydrogen) atoms. The van der Waals surface area contributed by atoms with E-state index in [9.17, 15) is 13.6 Å². The number of ether oxygens (including phenoxy) is 2. The Morgan fingerprint density at radius 1 is 1.15 bits per heavy atom. The Kier molecular flexibility index (Phi) is 6.65. The Morgan fingerprint density at radius 3 is 2.79 bits per heavy atom. The van der Waals surface area contributed by atoms with Gasteiger partial charge in [-0.2, -0.15) is 0 Å². The molecule has 2 heterocycles. The van der Waals surface area contributed by atoms with Crippen LogP contribution in [0.3, 0.4) is 0 Å². The summed E-state index contributed by atoms with van der Waals surface area (Å²) in [6.07, 6.45) is 2.88. The Morgan fingerprint density at radius 2 is 2.00 bits per heavy atom. The summed E-state index contributed by atoms with van der Waals surface area (Å²) < 4.78 is 45.8. The second kappa shape index (κ2) is 9.79. The first-order valence-corrected chi connectivity index (χ1v) is 10.4. The highest BCUT2D eigenvalue weighted by Gasteiger charge is 2.18. The van der Waals surface area contributed by atoms with Gasteiger partial charge in [-0.05, 0) is 42.8 Å². The molecular formula is C25H22F2N2O4. The topological polar surface area (TPSA) is 87.6 Å². The predicted octanol–water partition coefficient (Wildman–Crippen LogP) is 4.92. The lowest BCUT2D eigenvalue weighted by molar-refractivity contribution is -0.142. The normalized spacial score (nSPS) is 11.0. The maximum absolute atomic E-state index is 15.0. The van der Waals surface area contributed by atoms with Gasteiger partial charge in [0.25, 0.3) is 0 Å². The summed E-state index contributed by atoms with van der Waals surface area (Å²) in [6.45, 7) is 1.88. The van der Waals surface area contributed by atoms with Gasteiger partial charge in [0, 0.05) is 34.8 Å². The first kappa shape index (κ1) is 22.4. The fourth-order valence-corrected chi connectivity index (χ4v) is 3.64. The minimum atomic E-state index is -0.589. The van der Waals surface area contributed by atoms with Gasteiger partial charge in [0.05, 0.1) is 25.0 Å². The Bertz CT molecular complexity index is 1300. The van der Waals surface area contributed by atoms with Crippen molar-refractivity contribution in [2.45, 2.75) is 26.5 Å². The number of fused-ring (bicyclic) bond motifs is 1. The van der Waals surface area contributed by atoms with Gasteiger partial charge in [0.15, 0.2) is 17.4 Å². The number of carbonyl (C=O) groups excluding carboxylic acids is 1. The average molecular weight is 452 g/mol. The molecular weight excluding hydrogens is 430 g/mol. The Balaban J connectivity index is 1.68. The van der Waals surface area contributed by atoms with E-state index in [0.717, 1.165) is 5.39 Å². The highest BCUT2D eigenvalue weighted by Crippen LogP contribution is 2.34. The number of furan rings is 1. The van der Waals surface area contributed by atoms with Crippen molar-refractivity contribution in [3.05, 3.63) is 83.4 Å². The number of pyridine rings is 1. The first-order chi connectivity index (χ1) is 16.0. The molecule has 2 aromatic heterocycles. The van der Waals surface area contributed by atoms with Crippen LogP contribution in [-0.2, 0) is 29.1 Å². The quantitative estimate of drug-likeness (QED) is 0.382. The molecule has 8 heteroatoms. The Hall–Kier alpha value is -3.78. The number of carbonyl (C=O) groups is 1. The van der Waals surface area contributed by atoms with E-state index in [1.165, 1.54) is 24.6 Å². The second-order valence-corrected chi connectivity index (χ2v) is 7.30. The van der Waals surface area contributed by atoms with Crippen LogP contribution in [-0.4, -0.2) is 17.6 Å². The molecule has 2 N–H and O–H groups in total. The number of rotatable bonds is 8. The fraction of sp³-hybridized carbons (Fsp3) is 0.200. The van der Waals surface area contributed by atoms with Gasteiger partial charge >= 0.3 is 5.97 Å². The number of para-hydroxylation sites is 1. The molecule has 0 spiro atoms. The van der Waals surface area contributed by atoms with Gasteiger partial charge in [0.1, 0.15) is 12.2 Å². The molecule has 0 saturated carbocycles. The lowest BCUT2D eigenvalue weighted by Crippen LogP contribution is -2.10. The third-order valence-electron chi connectivity index (χ3n) is 5.13. The van der Waals surface area contributed by atoms with Crippen molar-refractivity contribution in [3.8, 4) is 16.9 Å². The zero-order valence-electron chi connectivity index (χ0n) is 17.9. The summed E-state index contributed by atoms with van der Waals surface area (Å²) in [5.41, 5.74) is 8.08. The summed E-state index contributed by atoms with van der Waals surface area (Å²) in [5.74, 6) is -1.62. The second-order valence-electron chi connectivity index (χ2n) is 7.30. The van der Waals surface area contributed by atoms with Crippen LogP contribution in [0.4, 0.5) is 8.78 Å². The van der Waals surface area contributed by atoms with E-state index in [1.807, 2.05) is 6.07 Å². The van der Waals surface area contributed by atoms with Crippen LogP contribution in [0.5, 0.6) is 5.75 Å². The van der Waals surface area contributed by atoms with Crippen LogP contribution < -0.4 is 10.5 Å². The number of hydrogen-bond donors (Lipinski definition) is 1. The van der Waals surface area contributed by atoms with Crippen LogP contribution in [0, 0.1) is 11.6 Å². The summed E-state index contributed by atoms with van der Waals surface area (Å²) >= 11 is 0. The molecule has 0 atom stereocenters. The zero-order valence-corrected chi connectivity index (χ0v) is 17.9. The summed E-state index contributed by atoms with van der Waals surface area (Å²) in [6, 6.07) is 11.2. The number of aromatic nitrogens is 1. The standard InChI is InChI=1S/C25H22F2N2O4/c1-2-31-22(30)12-16-4-3-5-20(26)25(16)33-14-15-10-17-7-9-32-24(17)19(11-15)18-6-8-29-21(13-28)23(18)27/h3-11H,2,12-14,28H2,1H3. The van der Waals surface area contributed by atoms with Gasteiger partial charge in [-0.3, -0.25) is 9.78 Å². The van der Waals surface area contributed by atoms with Gasteiger partial charge in [-0.1, -0.05) is 12.1 Å². The van der Waals surface area contributed by atoms with Crippen LogP contribution in [0.15, 0.2) is 59.3 Å². The summed E-state index contributed by atoms with van der Waals surface area (Å²) in [4.78, 5) is 15.9. The molecule has 0 aliphatic rings. The Labute approximate surface area is 188 Å². The van der Waals surface area contributed by atoms with E-state index >= 15 is 0 Å². The lowest BCUT2D eigenvalue weighted by atomic mass is 10.00. The van der Waals surface area contributed by atoms with Gasteiger partial charge in [-0.25, -0.2) is 8.78 Å². The number of hydrogen-bond acceptors (Lipinski definition) is 6. The van der Waals surface area contributed by atoms with E-state index in [2.05, 4.69) is 4.98 Å². The SMILES string of the molecule is CCOC(=O)Cc1cccc(F)c1OCc1cc(-c2ccnc(CN)c2F)c2occc2c1. The fourth-order valence-electron chi connectivity index (χ4n) is 3.64. The van der Waals surface area contributed by atoms with Crippen LogP contribution in [0.2, 0.25) is 0 Å². The van der Waals surface area contributed by atoms with Crippen molar-refractivity contribution in [1.29, 1.82) is 0 Å². The van der Waals surface area contributed by atoms with E-state index in [0.29, 0.717) is 27.8 Å². The molecule has 2 aromatic carbocycles. The third-order valence-corrected chi connectivity index (χ3v) is 5.13. The predicted molar refractivity (Wildman–Crippen MR) is 118 cm³/mol. The maximum atomic E-state index is 15.0. The molecule has 0 amide bonds. The molecule has 4 rings (SSSR count). The van der Waals surface area contributed by atoms with E-state index < -0.39 is 17.6 Å². The molecule has 170 valence electrons. The highest BCUT2D eigenvalue weighted by molar-refractivity contribution is 5.93. The summed E-state index contributed by atoms with van der Waals surface area (Å²) in [7, 11) is 0. The maximum Gasteiger partial charge on any atom is 0.310 e. The largest absolute Gasteiger partial charge is 0.486 e. The van der Waals surface area contributed by atoms with Crippen LogP contribution >= 0.6 is 0 Å². The number of nitrogens with two attached hydrogens (primary N) is 1. The van der Waals surface area contributed by atoms with Crippen molar-refractivity contribution in [3.63, 3.8) is 0 Å². The number of halogens is 2. The van der Waals surface area contributed by atoms with Crippen molar-refractivity contribution in [2.24, 2.45) is 5.73 Å². The molecule has 0 bridgehead atoms. The van der Waals surface area contributed by atoms with Crippen molar-refractivity contribution < 1.29 is 27.5 Å². The molecule has 0 radical (unpaired) electrons. The average Bonchev–Trinajstić information content (AvgIpc) is 3.27. The van der Waals surface area contributed by atoms with Crippen LogP contribution in [0.25, 0.3) is 22.1 Å². The smallest absolute Gasteiger partial charge is 0.310 e. The van der Waals surface area contributed by atoms with Crippen molar-refractivity contribution in [2.75, 3.05) is 6.61 Å². The molecule has 0 aliphatic heterocycles. The van der Waals surface area contributed by atoms with Gasteiger partial charge in [0.2, 0.25) is 0 Å². The number of nitrogens with zero attached hydrogens (tertiary/aromatic N) is 1. The summed E-state index contributed by atoms with van der Waals surface area (Å²) in [5, 5.41) is 0.733. The molecule has 0 aliphatic carbocycles. The molecule has 6 nitrogen and oxygen atoms in total. The number of benzene rings is 2. The molecule has 0 saturated heterocycles.